The summed E-state index contributed by atoms with van der Waals surface area (Å²) in [5, 5.41) is 26.5. The molecule has 2 N–H and O–H groups in total. The maximum Gasteiger partial charge on any atom is 0.250 e. The quantitative estimate of drug-likeness (QED) is 0.322. The van der Waals surface area contributed by atoms with Crippen LogP contribution in [0, 0.1) is 6.92 Å². The van der Waals surface area contributed by atoms with Crippen molar-refractivity contribution < 1.29 is 14.7 Å². The molecule has 0 radical (unpaired) electrons. The van der Waals surface area contributed by atoms with Gasteiger partial charge >= 0.3 is 0 Å². The normalized spacial score (nSPS) is 10.8. The summed E-state index contributed by atoms with van der Waals surface area (Å²) in [4.78, 5) is 22.6. The lowest BCUT2D eigenvalue weighted by atomic mass is 10.1. The van der Waals surface area contributed by atoms with Crippen LogP contribution < -0.4 is 15.8 Å². The number of aryl methyl sites for hydroxylation is 1. The van der Waals surface area contributed by atoms with Crippen LogP contribution in [0.3, 0.4) is 0 Å². The fourth-order valence-electron chi connectivity index (χ4n) is 2.12. The van der Waals surface area contributed by atoms with E-state index >= 15 is 0 Å². The molecule has 0 unspecified atom stereocenters. The van der Waals surface area contributed by atoms with Crippen LogP contribution >= 0.6 is 23.1 Å². The van der Waals surface area contributed by atoms with Crippen LogP contribution in [0.25, 0.3) is 0 Å². The molecule has 0 aliphatic heterocycles. The number of carbonyl (C=O) groups is 2. The van der Waals surface area contributed by atoms with Gasteiger partial charge in [0.2, 0.25) is 5.13 Å². The van der Waals surface area contributed by atoms with Crippen molar-refractivity contribution >= 4 is 52.0 Å². The number of carbonyl (C=O) groups excluding carboxylic acids is 2. The van der Waals surface area contributed by atoms with Crippen LogP contribution in [0.4, 0.5) is 10.8 Å². The molecule has 0 atom stereocenters. The zero-order valence-corrected chi connectivity index (χ0v) is 16.9. The smallest absolute Gasteiger partial charge is 0.250 e. The summed E-state index contributed by atoms with van der Waals surface area (Å²) in [5.41, 5.74) is 5.24. The number of aromatic nitrogens is 2. The van der Waals surface area contributed by atoms with Crippen LogP contribution in [0.1, 0.15) is 21.5 Å². The molecule has 1 heterocycles. The summed E-state index contributed by atoms with van der Waals surface area (Å²) in [6.45, 7) is 2.02. The van der Waals surface area contributed by atoms with Crippen LogP contribution in [0.15, 0.2) is 58.0 Å². The molecular weight excluding hydrogens is 410 g/mol. The molecule has 3 aromatic rings. The minimum atomic E-state index is -1.24. The maximum absolute atomic E-state index is 11.9. The SMILES string of the molecule is Cc1ccc(Nc2nnc(SCC(=O)N/N=C\c3ccc(C(=O)[O-])cc3)s2)cc1. The summed E-state index contributed by atoms with van der Waals surface area (Å²) in [6, 6.07) is 13.9. The first-order chi connectivity index (χ1) is 14.0. The molecule has 0 aliphatic rings. The molecular formula is C19H16N5O3S2-. The first-order valence-corrected chi connectivity index (χ1v) is 10.2. The number of carboxylic acids is 1. The Hall–Kier alpha value is -3.24. The second-order valence-electron chi connectivity index (χ2n) is 5.86. The Labute approximate surface area is 175 Å². The molecule has 0 bridgehead atoms. The summed E-state index contributed by atoms with van der Waals surface area (Å²) in [5.74, 6) is -1.39. The van der Waals surface area contributed by atoms with Gasteiger partial charge in [0.15, 0.2) is 4.34 Å². The highest BCUT2D eigenvalue weighted by atomic mass is 32.2. The lowest BCUT2D eigenvalue weighted by Crippen LogP contribution is -2.22. The van der Waals surface area contributed by atoms with E-state index in [0.717, 1.165) is 5.69 Å². The number of hydrogen-bond donors (Lipinski definition) is 2. The Bertz CT molecular complexity index is 1020. The minimum Gasteiger partial charge on any atom is -0.545 e. The standard InChI is InChI=1S/C19H17N5O3S2/c1-12-2-8-15(9-3-12)21-18-23-24-19(29-18)28-11-16(25)22-20-10-13-4-6-14(7-5-13)17(26)27/h2-10H,11H2,1H3,(H,21,23)(H,22,25)(H,26,27)/p-1/b20-10-. The van der Waals surface area contributed by atoms with E-state index in [0.29, 0.717) is 15.0 Å². The van der Waals surface area contributed by atoms with E-state index in [9.17, 15) is 14.7 Å². The van der Waals surface area contributed by atoms with Crippen LogP contribution in [-0.4, -0.2) is 34.0 Å². The van der Waals surface area contributed by atoms with E-state index in [4.69, 9.17) is 0 Å². The molecule has 148 valence electrons. The predicted octanol–water partition coefficient (Wildman–Crippen LogP) is 2.20. The third-order valence-corrected chi connectivity index (χ3v) is 5.56. The first kappa shape index (κ1) is 20.5. The second kappa shape index (κ2) is 9.80. The van der Waals surface area contributed by atoms with Gasteiger partial charge in [0.05, 0.1) is 17.9 Å². The first-order valence-electron chi connectivity index (χ1n) is 8.43. The molecule has 1 aromatic heterocycles. The van der Waals surface area contributed by atoms with Crippen LogP contribution in [0.5, 0.6) is 0 Å². The Morgan fingerprint density at radius 1 is 1.14 bits per heavy atom. The third kappa shape index (κ3) is 6.40. The lowest BCUT2D eigenvalue weighted by molar-refractivity contribution is -0.255. The van der Waals surface area contributed by atoms with Crippen molar-refractivity contribution in [2.45, 2.75) is 11.3 Å². The Kier molecular flexibility index (Phi) is 6.93. The van der Waals surface area contributed by atoms with Gasteiger partial charge in [0.1, 0.15) is 0 Å². The molecule has 0 saturated carbocycles. The maximum atomic E-state index is 11.9. The van der Waals surface area contributed by atoms with Crippen molar-refractivity contribution in [2.75, 3.05) is 11.1 Å². The zero-order chi connectivity index (χ0) is 20.6. The number of aromatic carboxylic acids is 1. The monoisotopic (exact) mass is 426 g/mol. The van der Waals surface area contributed by atoms with E-state index in [2.05, 4.69) is 26.0 Å². The van der Waals surface area contributed by atoms with Gasteiger partial charge in [-0.2, -0.15) is 5.10 Å². The molecule has 1 amide bonds. The van der Waals surface area contributed by atoms with Crippen molar-refractivity contribution in [3.63, 3.8) is 0 Å². The fourth-order valence-corrected chi connectivity index (χ4v) is 3.69. The number of nitrogens with zero attached hydrogens (tertiary/aromatic N) is 3. The highest BCUT2D eigenvalue weighted by molar-refractivity contribution is 8.01. The number of hydrazone groups is 1. The molecule has 0 spiro atoms. The number of hydrogen-bond acceptors (Lipinski definition) is 9. The number of thioether (sulfide) groups is 1. The van der Waals surface area contributed by atoms with E-state index in [1.807, 2.05) is 31.2 Å². The molecule has 10 heteroatoms. The number of benzene rings is 2. The average molecular weight is 427 g/mol. The van der Waals surface area contributed by atoms with Gasteiger partial charge in [-0.25, -0.2) is 5.43 Å². The highest BCUT2D eigenvalue weighted by Gasteiger charge is 2.08. The summed E-state index contributed by atoms with van der Waals surface area (Å²) in [7, 11) is 0. The van der Waals surface area contributed by atoms with Gasteiger partial charge in [0.25, 0.3) is 5.91 Å². The molecule has 8 nitrogen and oxygen atoms in total. The Morgan fingerprint density at radius 3 is 2.55 bits per heavy atom. The van der Waals surface area contributed by atoms with Crippen molar-refractivity contribution in [1.29, 1.82) is 0 Å². The number of nitrogens with one attached hydrogen (secondary N) is 2. The average Bonchev–Trinajstić information content (AvgIpc) is 3.16. The molecule has 3 rings (SSSR count). The van der Waals surface area contributed by atoms with Crippen LogP contribution in [0.2, 0.25) is 0 Å². The third-order valence-electron chi connectivity index (χ3n) is 3.59. The largest absolute Gasteiger partial charge is 0.545 e. The molecule has 0 aliphatic carbocycles. The van der Waals surface area contributed by atoms with Crippen LogP contribution in [-0.2, 0) is 4.79 Å². The van der Waals surface area contributed by atoms with Gasteiger partial charge in [-0.05, 0) is 30.2 Å². The molecule has 0 fully saturated rings. The molecule has 2 aromatic carbocycles. The number of rotatable bonds is 8. The van der Waals surface area contributed by atoms with E-state index in [1.165, 1.54) is 47.0 Å². The molecule has 29 heavy (non-hydrogen) atoms. The second-order valence-corrected chi connectivity index (χ2v) is 8.06. The van der Waals surface area contributed by atoms with Crippen molar-refractivity contribution in [1.82, 2.24) is 15.6 Å². The minimum absolute atomic E-state index is 0.0795. The predicted molar refractivity (Wildman–Crippen MR) is 112 cm³/mol. The van der Waals surface area contributed by atoms with Gasteiger partial charge < -0.3 is 15.2 Å². The fraction of sp³-hybridized carbons (Fsp3) is 0.105. The Morgan fingerprint density at radius 2 is 1.86 bits per heavy atom. The number of anilines is 2. The number of carboxylic acid groups (broad SMARTS) is 1. The zero-order valence-electron chi connectivity index (χ0n) is 15.3. The molecule has 0 saturated heterocycles. The Balaban J connectivity index is 1.44. The highest BCUT2D eigenvalue weighted by Crippen LogP contribution is 2.27. The van der Waals surface area contributed by atoms with E-state index in [-0.39, 0.29) is 17.2 Å². The van der Waals surface area contributed by atoms with Gasteiger partial charge in [-0.15, -0.1) is 10.2 Å². The van der Waals surface area contributed by atoms with Gasteiger partial charge in [-0.3, -0.25) is 4.79 Å². The van der Waals surface area contributed by atoms with Crippen molar-refractivity contribution in [3.05, 3.63) is 65.2 Å². The summed E-state index contributed by atoms with van der Waals surface area (Å²) in [6.07, 6.45) is 1.43. The summed E-state index contributed by atoms with van der Waals surface area (Å²) < 4.78 is 0.664. The summed E-state index contributed by atoms with van der Waals surface area (Å²) >= 11 is 2.62. The van der Waals surface area contributed by atoms with E-state index in [1.54, 1.807) is 12.1 Å². The van der Waals surface area contributed by atoms with Gasteiger partial charge in [-0.1, -0.05) is 65.1 Å². The topological polar surface area (TPSA) is 119 Å². The van der Waals surface area contributed by atoms with Gasteiger partial charge in [0, 0.05) is 5.69 Å². The lowest BCUT2D eigenvalue weighted by Gasteiger charge is -2.01. The number of amides is 1. The van der Waals surface area contributed by atoms with E-state index < -0.39 is 5.97 Å². The van der Waals surface area contributed by atoms with Crippen molar-refractivity contribution in [3.8, 4) is 0 Å². The van der Waals surface area contributed by atoms with Crippen molar-refractivity contribution in [2.24, 2.45) is 5.10 Å².